The topological polar surface area (TPSA) is 91.0 Å². The number of ether oxygens (including phenoxy) is 1. The molecule has 4 rings (SSSR count). The van der Waals surface area contributed by atoms with Crippen molar-refractivity contribution in [3.05, 3.63) is 58.9 Å². The van der Waals surface area contributed by atoms with E-state index in [1.165, 1.54) is 23.8 Å². The lowest BCUT2D eigenvalue weighted by Crippen LogP contribution is -2.36. The molecule has 0 bridgehead atoms. The van der Waals surface area contributed by atoms with E-state index in [9.17, 15) is 18.8 Å². The van der Waals surface area contributed by atoms with Crippen LogP contribution in [-0.2, 0) is 22.7 Å². The van der Waals surface area contributed by atoms with Gasteiger partial charge in [-0.15, -0.1) is 0 Å². The average Bonchev–Trinajstić information content (AvgIpc) is 3.43. The van der Waals surface area contributed by atoms with Crippen LogP contribution in [0.2, 0.25) is 0 Å². The smallest absolute Gasteiger partial charge is 0.255 e. The predicted molar refractivity (Wildman–Crippen MR) is 120 cm³/mol. The van der Waals surface area contributed by atoms with Gasteiger partial charge in [-0.3, -0.25) is 24.6 Å². The molecule has 0 radical (unpaired) electrons. The van der Waals surface area contributed by atoms with Crippen LogP contribution in [-0.4, -0.2) is 60.8 Å². The Bertz CT molecular complexity index is 1040. The molecule has 3 amide bonds. The number of likely N-dealkylation sites (tertiary alicyclic amines) is 1. The van der Waals surface area contributed by atoms with Crippen LogP contribution in [0.4, 0.5) is 10.1 Å². The zero-order valence-corrected chi connectivity index (χ0v) is 18.3. The van der Waals surface area contributed by atoms with Crippen LogP contribution in [0.1, 0.15) is 34.3 Å². The molecule has 2 aromatic carbocycles. The Morgan fingerprint density at radius 3 is 2.79 bits per heavy atom. The number of nitrogens with zero attached hydrogens (tertiary/aromatic N) is 2. The molecule has 0 unspecified atom stereocenters. The Hall–Kier alpha value is -3.46. The fourth-order valence-corrected chi connectivity index (χ4v) is 4.23. The number of hydrogen-bond donors (Lipinski definition) is 2. The summed E-state index contributed by atoms with van der Waals surface area (Å²) in [6, 6.07) is 9.96. The number of amides is 3. The summed E-state index contributed by atoms with van der Waals surface area (Å²) < 4.78 is 20.2. The molecule has 2 aliphatic rings. The van der Waals surface area contributed by atoms with E-state index < -0.39 is 5.91 Å². The minimum atomic E-state index is -0.552. The van der Waals surface area contributed by atoms with Crippen LogP contribution in [0, 0.1) is 5.82 Å². The number of anilines is 1. The average molecular weight is 455 g/mol. The largest absolute Gasteiger partial charge is 0.492 e. The lowest BCUT2D eigenvalue weighted by Gasteiger charge is -2.16. The molecule has 33 heavy (non-hydrogen) atoms. The third-order valence-electron chi connectivity index (χ3n) is 5.96. The van der Waals surface area contributed by atoms with Gasteiger partial charge in [-0.2, -0.15) is 0 Å². The van der Waals surface area contributed by atoms with Gasteiger partial charge in [0.2, 0.25) is 12.3 Å². The summed E-state index contributed by atoms with van der Waals surface area (Å²) in [5, 5.41) is 5.25. The molecule has 1 fully saturated rings. The Balaban J connectivity index is 1.38. The van der Waals surface area contributed by atoms with E-state index in [1.807, 2.05) is 11.4 Å². The number of fused-ring (bicyclic) bond motifs is 1. The molecule has 0 spiro atoms. The van der Waals surface area contributed by atoms with E-state index in [-0.39, 0.29) is 31.4 Å². The first-order valence-electron chi connectivity index (χ1n) is 11.1. The number of hydrogen-bond acceptors (Lipinski definition) is 6. The summed E-state index contributed by atoms with van der Waals surface area (Å²) in [6.07, 6.45) is 2.75. The van der Waals surface area contributed by atoms with Crippen LogP contribution in [0.5, 0.6) is 5.75 Å². The van der Waals surface area contributed by atoms with Crippen molar-refractivity contribution in [3.63, 3.8) is 0 Å². The van der Waals surface area contributed by atoms with Crippen molar-refractivity contribution in [3.8, 4) is 5.75 Å². The van der Waals surface area contributed by atoms with Gasteiger partial charge >= 0.3 is 0 Å². The van der Waals surface area contributed by atoms with E-state index in [0.29, 0.717) is 35.6 Å². The van der Waals surface area contributed by atoms with Crippen molar-refractivity contribution in [1.29, 1.82) is 0 Å². The molecule has 174 valence electrons. The normalized spacial score (nSPS) is 15.4. The Kier molecular flexibility index (Phi) is 7.19. The van der Waals surface area contributed by atoms with Gasteiger partial charge in [0.25, 0.3) is 5.91 Å². The minimum Gasteiger partial charge on any atom is -0.492 e. The molecule has 1 saturated heterocycles. The lowest BCUT2D eigenvalue weighted by molar-refractivity contribution is -0.125. The van der Waals surface area contributed by atoms with Crippen molar-refractivity contribution in [2.24, 2.45) is 0 Å². The van der Waals surface area contributed by atoms with Crippen molar-refractivity contribution >= 4 is 23.9 Å². The van der Waals surface area contributed by atoms with Crippen LogP contribution in [0.3, 0.4) is 0 Å². The third kappa shape index (κ3) is 5.48. The number of halogens is 1. The first kappa shape index (κ1) is 22.7. The maximum atomic E-state index is 14.4. The summed E-state index contributed by atoms with van der Waals surface area (Å²) in [4.78, 5) is 38.5. The number of nitrogens with one attached hydrogen (secondary N) is 2. The zero-order chi connectivity index (χ0) is 23.2. The van der Waals surface area contributed by atoms with Gasteiger partial charge in [0, 0.05) is 42.0 Å². The molecule has 2 heterocycles. The molecule has 2 aliphatic heterocycles. The fourth-order valence-electron chi connectivity index (χ4n) is 4.23. The van der Waals surface area contributed by atoms with Crippen molar-refractivity contribution < 1.29 is 23.5 Å². The summed E-state index contributed by atoms with van der Waals surface area (Å²) >= 11 is 0. The van der Waals surface area contributed by atoms with Gasteiger partial charge in [-0.05, 0) is 56.3 Å². The van der Waals surface area contributed by atoms with Crippen LogP contribution in [0.15, 0.2) is 36.4 Å². The zero-order valence-electron chi connectivity index (χ0n) is 18.3. The summed E-state index contributed by atoms with van der Waals surface area (Å²) in [7, 11) is 0. The van der Waals surface area contributed by atoms with E-state index >= 15 is 0 Å². The Morgan fingerprint density at radius 1 is 1.18 bits per heavy atom. The Labute approximate surface area is 191 Å². The van der Waals surface area contributed by atoms with E-state index in [0.717, 1.165) is 25.2 Å². The lowest BCUT2D eigenvalue weighted by atomic mass is 10.1. The second-order valence-electron chi connectivity index (χ2n) is 8.18. The van der Waals surface area contributed by atoms with E-state index in [4.69, 9.17) is 4.74 Å². The van der Waals surface area contributed by atoms with Crippen LogP contribution < -0.4 is 15.4 Å². The van der Waals surface area contributed by atoms with Gasteiger partial charge in [0.1, 0.15) is 24.7 Å². The molecule has 0 atom stereocenters. The van der Waals surface area contributed by atoms with Crippen molar-refractivity contribution in [2.75, 3.05) is 38.1 Å². The van der Waals surface area contributed by atoms with Gasteiger partial charge in [-0.25, -0.2) is 4.39 Å². The summed E-state index contributed by atoms with van der Waals surface area (Å²) in [5.41, 5.74) is 2.37. The monoisotopic (exact) mass is 454 g/mol. The molecule has 8 nitrogen and oxygen atoms in total. The number of benzene rings is 2. The molecule has 2 aromatic rings. The second kappa shape index (κ2) is 10.4. The predicted octanol–water partition coefficient (Wildman–Crippen LogP) is 2.14. The molecular weight excluding hydrogens is 427 g/mol. The van der Waals surface area contributed by atoms with E-state index in [2.05, 4.69) is 10.2 Å². The molecule has 0 aromatic heterocycles. The number of rotatable bonds is 10. The number of carbonyl (C=O) groups is 3. The quantitative estimate of drug-likeness (QED) is 0.535. The van der Waals surface area contributed by atoms with Gasteiger partial charge in [-0.1, -0.05) is 6.07 Å². The molecule has 2 N–H and O–H groups in total. The van der Waals surface area contributed by atoms with Crippen LogP contribution >= 0.6 is 0 Å². The van der Waals surface area contributed by atoms with Gasteiger partial charge < -0.3 is 15.0 Å². The maximum Gasteiger partial charge on any atom is 0.255 e. The standard InChI is InChI=1S/C24H27FN4O4/c25-21-7-6-18(33-11-10-28-8-1-2-9-28)12-17(21)13-26-22-5-3-4-19-20(22)14-29(24(19)32)15-23(31)27-16-30/h3-7,12,16,26H,1-2,8-11,13-15H2,(H,27,30,31). The highest BCUT2D eigenvalue weighted by atomic mass is 19.1. The molecular formula is C24H27FN4O4. The van der Waals surface area contributed by atoms with Crippen molar-refractivity contribution in [2.45, 2.75) is 25.9 Å². The molecule has 9 heteroatoms. The highest BCUT2D eigenvalue weighted by Gasteiger charge is 2.30. The molecule has 0 saturated carbocycles. The third-order valence-corrected chi connectivity index (χ3v) is 5.96. The first-order valence-corrected chi connectivity index (χ1v) is 11.1. The maximum absolute atomic E-state index is 14.4. The Morgan fingerprint density at radius 2 is 2.00 bits per heavy atom. The van der Waals surface area contributed by atoms with Crippen LogP contribution in [0.25, 0.3) is 0 Å². The minimum absolute atomic E-state index is 0.211. The summed E-state index contributed by atoms with van der Waals surface area (Å²) in [5.74, 6) is -0.558. The molecule has 0 aliphatic carbocycles. The van der Waals surface area contributed by atoms with Crippen molar-refractivity contribution in [1.82, 2.24) is 15.1 Å². The van der Waals surface area contributed by atoms with Gasteiger partial charge in [0.15, 0.2) is 0 Å². The number of imide groups is 1. The SMILES string of the molecule is O=CNC(=O)CN1Cc2c(NCc3cc(OCCN4CCCC4)ccc3F)cccc2C1=O. The number of carbonyl (C=O) groups excluding carboxylic acids is 3. The summed E-state index contributed by atoms with van der Waals surface area (Å²) in [6.45, 7) is 3.85. The highest BCUT2D eigenvalue weighted by molar-refractivity contribution is 6.02. The second-order valence-corrected chi connectivity index (χ2v) is 8.18. The van der Waals surface area contributed by atoms with Gasteiger partial charge in [0.05, 0.1) is 0 Å². The highest BCUT2D eigenvalue weighted by Crippen LogP contribution is 2.30. The van der Waals surface area contributed by atoms with E-state index in [1.54, 1.807) is 24.3 Å². The fraction of sp³-hybridized carbons (Fsp3) is 0.375. The first-order chi connectivity index (χ1) is 16.0.